The highest BCUT2D eigenvalue weighted by Crippen LogP contribution is 2.47. The minimum absolute atomic E-state index is 0.179. The highest BCUT2D eigenvalue weighted by atomic mass is 16.2. The number of carbonyl (C=O) groups excluding carboxylic acids is 2. The lowest BCUT2D eigenvalue weighted by Crippen LogP contribution is -2.58. The first-order valence-corrected chi connectivity index (χ1v) is 9.54. The zero-order valence-corrected chi connectivity index (χ0v) is 15.4. The smallest absolute Gasteiger partial charge is 0.234 e. The van der Waals surface area contributed by atoms with Crippen molar-refractivity contribution in [1.82, 2.24) is 14.7 Å². The first kappa shape index (κ1) is 17.5. The number of fused-ring (bicyclic) bond motifs is 1. The summed E-state index contributed by atoms with van der Waals surface area (Å²) in [6, 6.07) is 0.536. The third-order valence-corrected chi connectivity index (χ3v) is 6.05. The van der Waals surface area contributed by atoms with Gasteiger partial charge in [-0.15, -0.1) is 0 Å². The second-order valence-electron chi connectivity index (χ2n) is 7.62. The summed E-state index contributed by atoms with van der Waals surface area (Å²) in [5, 5.41) is 0. The number of nitrogens with zero attached hydrogens (tertiary/aromatic N) is 3. The zero-order valence-electron chi connectivity index (χ0n) is 15.4. The summed E-state index contributed by atoms with van der Waals surface area (Å²) in [6.45, 7) is 10.6. The van der Waals surface area contributed by atoms with Crippen LogP contribution in [0.25, 0.3) is 0 Å². The van der Waals surface area contributed by atoms with Crippen molar-refractivity contribution in [3.05, 3.63) is 11.8 Å². The van der Waals surface area contributed by atoms with Crippen LogP contribution in [0, 0.1) is 5.41 Å². The monoisotopic (exact) mass is 333 g/mol. The summed E-state index contributed by atoms with van der Waals surface area (Å²) >= 11 is 0. The third-order valence-electron chi connectivity index (χ3n) is 6.05. The molecule has 3 rings (SSSR count). The van der Waals surface area contributed by atoms with Gasteiger partial charge in [-0.05, 0) is 46.5 Å². The van der Waals surface area contributed by atoms with Crippen LogP contribution in [0.2, 0.25) is 0 Å². The number of piperidine rings is 1. The van der Waals surface area contributed by atoms with Crippen LogP contribution in [0.15, 0.2) is 11.8 Å². The molecule has 134 valence electrons. The van der Waals surface area contributed by atoms with Gasteiger partial charge >= 0.3 is 0 Å². The molecule has 5 nitrogen and oxygen atoms in total. The number of amides is 2. The lowest BCUT2D eigenvalue weighted by atomic mass is 9.68. The van der Waals surface area contributed by atoms with E-state index in [1.807, 2.05) is 11.8 Å². The standard InChI is InChI=1S/C19H31N3O2/c1-4-22-16-7-5-6-9-19(16,10-8-17(22)23)18(24)21-13-11-20(12-14-21)15(2)3/h7,15H,4-6,8-14H2,1-3H3. The average molecular weight is 333 g/mol. The minimum atomic E-state index is -0.442. The summed E-state index contributed by atoms with van der Waals surface area (Å²) < 4.78 is 0. The molecule has 5 heteroatoms. The van der Waals surface area contributed by atoms with Crippen LogP contribution >= 0.6 is 0 Å². The largest absolute Gasteiger partial charge is 0.339 e. The first-order chi connectivity index (χ1) is 11.5. The van der Waals surface area contributed by atoms with Gasteiger partial charge in [0.05, 0.1) is 5.41 Å². The van der Waals surface area contributed by atoms with E-state index < -0.39 is 5.41 Å². The van der Waals surface area contributed by atoms with E-state index in [2.05, 4.69) is 29.7 Å². The predicted molar refractivity (Wildman–Crippen MR) is 94.3 cm³/mol. The second kappa shape index (κ2) is 6.87. The highest BCUT2D eigenvalue weighted by molar-refractivity contribution is 5.91. The SMILES string of the molecule is CCN1C(=O)CCC2(C(=O)N3CCN(C(C)C)CC3)CCCC=C12. The molecule has 2 fully saturated rings. The van der Waals surface area contributed by atoms with Crippen molar-refractivity contribution < 1.29 is 9.59 Å². The van der Waals surface area contributed by atoms with Crippen molar-refractivity contribution in [3.8, 4) is 0 Å². The topological polar surface area (TPSA) is 43.9 Å². The number of hydrogen-bond donors (Lipinski definition) is 0. The number of rotatable bonds is 3. The molecule has 2 saturated heterocycles. The van der Waals surface area contributed by atoms with Gasteiger partial charge in [-0.2, -0.15) is 0 Å². The fourth-order valence-corrected chi connectivity index (χ4v) is 4.59. The van der Waals surface area contributed by atoms with Crippen molar-refractivity contribution in [2.75, 3.05) is 32.7 Å². The van der Waals surface area contributed by atoms with Crippen LogP contribution in [-0.2, 0) is 9.59 Å². The molecular formula is C19H31N3O2. The number of piperazine rings is 1. The fourth-order valence-electron chi connectivity index (χ4n) is 4.59. The van der Waals surface area contributed by atoms with Gasteiger partial charge in [0, 0.05) is 50.9 Å². The van der Waals surface area contributed by atoms with Crippen LogP contribution < -0.4 is 0 Å². The quantitative estimate of drug-likeness (QED) is 0.795. The molecule has 0 spiro atoms. The van der Waals surface area contributed by atoms with Crippen molar-refractivity contribution in [2.24, 2.45) is 5.41 Å². The van der Waals surface area contributed by atoms with Crippen LogP contribution in [0.1, 0.15) is 52.9 Å². The molecule has 0 N–H and O–H groups in total. The fraction of sp³-hybridized carbons (Fsp3) is 0.789. The number of allylic oxidation sites excluding steroid dienone is 1. The van der Waals surface area contributed by atoms with Gasteiger partial charge in [0.1, 0.15) is 0 Å². The number of carbonyl (C=O) groups is 2. The van der Waals surface area contributed by atoms with Crippen LogP contribution in [-0.4, -0.2) is 65.3 Å². The maximum atomic E-state index is 13.5. The van der Waals surface area contributed by atoms with Gasteiger partial charge in [0.15, 0.2) is 0 Å². The Labute approximate surface area is 145 Å². The zero-order chi connectivity index (χ0) is 17.3. The van der Waals surface area contributed by atoms with E-state index >= 15 is 0 Å². The summed E-state index contributed by atoms with van der Waals surface area (Å²) in [4.78, 5) is 32.1. The van der Waals surface area contributed by atoms with Crippen molar-refractivity contribution in [2.45, 2.75) is 58.9 Å². The van der Waals surface area contributed by atoms with E-state index in [9.17, 15) is 9.59 Å². The molecule has 0 aromatic rings. The van der Waals surface area contributed by atoms with Gasteiger partial charge in [0.25, 0.3) is 0 Å². The van der Waals surface area contributed by atoms with Crippen LogP contribution in [0.4, 0.5) is 0 Å². The molecule has 0 radical (unpaired) electrons. The van der Waals surface area contributed by atoms with Gasteiger partial charge in [-0.25, -0.2) is 0 Å². The Balaban J connectivity index is 1.81. The van der Waals surface area contributed by atoms with Gasteiger partial charge in [-0.1, -0.05) is 6.08 Å². The predicted octanol–water partition coefficient (Wildman–Crippen LogP) is 2.24. The van der Waals surface area contributed by atoms with Crippen molar-refractivity contribution >= 4 is 11.8 Å². The lowest BCUT2D eigenvalue weighted by molar-refractivity contribution is -0.149. The van der Waals surface area contributed by atoms with Gasteiger partial charge in [-0.3, -0.25) is 14.5 Å². The minimum Gasteiger partial charge on any atom is -0.339 e. The summed E-state index contributed by atoms with van der Waals surface area (Å²) in [5.41, 5.74) is 0.561. The van der Waals surface area contributed by atoms with Crippen LogP contribution in [0.3, 0.4) is 0 Å². The molecule has 2 aliphatic heterocycles. The molecule has 3 aliphatic rings. The first-order valence-electron chi connectivity index (χ1n) is 9.54. The van der Waals surface area contributed by atoms with Gasteiger partial charge < -0.3 is 9.80 Å². The molecule has 2 heterocycles. The lowest BCUT2D eigenvalue weighted by Gasteiger charge is -2.49. The molecule has 0 bridgehead atoms. The number of hydrogen-bond acceptors (Lipinski definition) is 3. The van der Waals surface area contributed by atoms with E-state index in [0.717, 1.165) is 51.1 Å². The Morgan fingerprint density at radius 3 is 2.54 bits per heavy atom. The highest BCUT2D eigenvalue weighted by Gasteiger charge is 2.50. The van der Waals surface area contributed by atoms with Gasteiger partial charge in [0.2, 0.25) is 11.8 Å². The molecule has 1 atom stereocenters. The van der Waals surface area contributed by atoms with E-state index in [1.54, 1.807) is 0 Å². The van der Waals surface area contributed by atoms with Crippen molar-refractivity contribution in [1.29, 1.82) is 0 Å². The van der Waals surface area contributed by atoms with E-state index in [-0.39, 0.29) is 11.8 Å². The maximum absolute atomic E-state index is 13.5. The summed E-state index contributed by atoms with van der Waals surface area (Å²) in [5.74, 6) is 0.446. The Morgan fingerprint density at radius 2 is 1.92 bits per heavy atom. The molecule has 0 aromatic heterocycles. The Bertz CT molecular complexity index is 535. The Morgan fingerprint density at radius 1 is 1.21 bits per heavy atom. The molecule has 0 saturated carbocycles. The molecule has 0 aromatic carbocycles. The number of likely N-dealkylation sites (tertiary alicyclic amines) is 1. The molecule has 24 heavy (non-hydrogen) atoms. The third kappa shape index (κ3) is 2.87. The average Bonchev–Trinajstić information content (AvgIpc) is 2.61. The molecule has 1 aliphatic carbocycles. The molecular weight excluding hydrogens is 302 g/mol. The summed E-state index contributed by atoms with van der Waals surface area (Å²) in [7, 11) is 0. The van der Waals surface area contributed by atoms with E-state index in [0.29, 0.717) is 25.4 Å². The molecule has 2 amide bonds. The van der Waals surface area contributed by atoms with Crippen LogP contribution in [0.5, 0.6) is 0 Å². The van der Waals surface area contributed by atoms with E-state index in [4.69, 9.17) is 0 Å². The molecule has 1 unspecified atom stereocenters. The normalized spacial score (nSPS) is 28.8. The second-order valence-corrected chi connectivity index (χ2v) is 7.62. The van der Waals surface area contributed by atoms with E-state index in [1.165, 1.54) is 0 Å². The summed E-state index contributed by atoms with van der Waals surface area (Å²) in [6.07, 6.45) is 6.28. The maximum Gasteiger partial charge on any atom is 0.234 e. The Hall–Kier alpha value is -1.36. The Kier molecular flexibility index (Phi) is 5.00. The van der Waals surface area contributed by atoms with Crippen molar-refractivity contribution in [3.63, 3.8) is 0 Å².